The van der Waals surface area contributed by atoms with Crippen molar-refractivity contribution in [2.75, 3.05) is 26.7 Å². The van der Waals surface area contributed by atoms with E-state index >= 15 is 0 Å². The second-order valence-corrected chi connectivity index (χ2v) is 12.0. The van der Waals surface area contributed by atoms with Gasteiger partial charge in [0.1, 0.15) is 12.6 Å². The van der Waals surface area contributed by atoms with E-state index in [4.69, 9.17) is 4.52 Å². The first-order valence-corrected chi connectivity index (χ1v) is 16.5. The number of unbranched alkanes of at least 4 members (excludes halogenated alkanes) is 16. The lowest BCUT2D eigenvalue weighted by Gasteiger charge is -2.35. The molecule has 0 aliphatic heterocycles. The fourth-order valence-electron chi connectivity index (χ4n) is 4.67. The Morgan fingerprint density at radius 3 is 1.49 bits per heavy atom. The fraction of sp³-hybridized carbons (Fsp3) is 0.931. The van der Waals surface area contributed by atoms with E-state index in [2.05, 4.69) is 40.0 Å². The molecule has 0 aromatic heterocycles. The second-order valence-electron chi connectivity index (χ2n) is 10.8. The lowest BCUT2D eigenvalue weighted by atomic mass is 10.0. The Balaban J connectivity index is 3.63. The van der Waals surface area contributed by atoms with Crippen LogP contribution in [0.25, 0.3) is 0 Å². The van der Waals surface area contributed by atoms with Crippen molar-refractivity contribution in [3.05, 3.63) is 12.2 Å². The number of nitrogens with zero attached hydrogens (tertiary/aromatic N) is 1. The van der Waals surface area contributed by atoms with Gasteiger partial charge < -0.3 is 14.3 Å². The molecule has 0 rings (SSSR count). The molecule has 0 aliphatic rings. The molecule has 0 aromatic rings. The number of hydrogen-bond acceptors (Lipinski definition) is 2. The normalized spacial score (nSPS) is 13.7. The molecule has 0 aliphatic carbocycles. The van der Waals surface area contributed by atoms with Gasteiger partial charge >= 0.3 is 7.82 Å². The van der Waals surface area contributed by atoms with Gasteiger partial charge in [0.15, 0.2) is 0 Å². The predicted molar refractivity (Wildman–Crippen MR) is 152 cm³/mol. The molecule has 35 heavy (non-hydrogen) atoms. The molecule has 0 saturated carbocycles. The Morgan fingerprint density at radius 2 is 1.09 bits per heavy atom. The van der Waals surface area contributed by atoms with Crippen LogP contribution in [-0.4, -0.2) is 47.1 Å². The van der Waals surface area contributed by atoms with Gasteiger partial charge in [-0.05, 0) is 46.0 Å². The first kappa shape index (κ1) is 34.8. The van der Waals surface area contributed by atoms with Crippen LogP contribution in [0.15, 0.2) is 12.2 Å². The Bertz CT molecular complexity index is 531. The highest BCUT2D eigenvalue weighted by Gasteiger charge is 2.29. The zero-order chi connectivity index (χ0) is 26.3. The van der Waals surface area contributed by atoms with Gasteiger partial charge in [0.05, 0.1) is 20.1 Å². The van der Waals surface area contributed by atoms with Gasteiger partial charge in [0.25, 0.3) is 0 Å². The standard InChI is InChI=1S/C29H60NO4P/c1-5-8-9-10-11-12-13-14-15-16-17-18-19-20-21-22-23-24-25-26-27-29(34-35(31,32)33)28-30(4,6-2)7-3/h14-15,29H,5-13,16-28H2,1-4H3,(H-,31,32,33)/p+1/b15-14+. The van der Waals surface area contributed by atoms with E-state index in [-0.39, 0.29) is 6.10 Å². The summed E-state index contributed by atoms with van der Waals surface area (Å²) in [5, 5.41) is 0. The van der Waals surface area contributed by atoms with Crippen molar-refractivity contribution < 1.29 is 23.4 Å². The molecule has 0 radical (unpaired) electrons. The maximum absolute atomic E-state index is 11.4. The van der Waals surface area contributed by atoms with E-state index in [9.17, 15) is 14.4 Å². The van der Waals surface area contributed by atoms with E-state index in [1.165, 1.54) is 103 Å². The number of allylic oxidation sites excluding steroid dienone is 2. The van der Waals surface area contributed by atoms with E-state index in [1.54, 1.807) is 0 Å². The predicted octanol–water partition coefficient (Wildman–Crippen LogP) is 8.94. The highest BCUT2D eigenvalue weighted by molar-refractivity contribution is 7.46. The first-order valence-electron chi connectivity index (χ1n) is 15.0. The number of likely N-dealkylation sites (N-methyl/N-ethyl adjacent to an activating group) is 1. The summed E-state index contributed by atoms with van der Waals surface area (Å²) in [6.07, 6.45) is 28.6. The minimum absolute atomic E-state index is 0.369. The molecule has 0 amide bonds. The summed E-state index contributed by atoms with van der Waals surface area (Å²) >= 11 is 0. The van der Waals surface area contributed by atoms with Crippen LogP contribution in [0.2, 0.25) is 0 Å². The van der Waals surface area contributed by atoms with Gasteiger partial charge in [-0.25, -0.2) is 4.57 Å². The fourth-order valence-corrected chi connectivity index (χ4v) is 5.23. The number of hydrogen-bond donors (Lipinski definition) is 2. The third kappa shape index (κ3) is 23.9. The summed E-state index contributed by atoms with van der Waals surface area (Å²) in [4.78, 5) is 18.5. The van der Waals surface area contributed by atoms with Crippen LogP contribution in [0.1, 0.15) is 143 Å². The summed E-state index contributed by atoms with van der Waals surface area (Å²) in [6.45, 7) is 9.05. The van der Waals surface area contributed by atoms with Crippen LogP contribution in [-0.2, 0) is 9.09 Å². The van der Waals surface area contributed by atoms with Crippen LogP contribution in [0.3, 0.4) is 0 Å². The van der Waals surface area contributed by atoms with Crippen LogP contribution in [0.4, 0.5) is 0 Å². The number of phosphoric acid groups is 1. The summed E-state index contributed by atoms with van der Waals surface area (Å²) in [7, 11) is -2.31. The van der Waals surface area contributed by atoms with Gasteiger partial charge in [-0.15, -0.1) is 0 Å². The van der Waals surface area contributed by atoms with Crippen molar-refractivity contribution >= 4 is 7.82 Å². The van der Waals surface area contributed by atoms with Gasteiger partial charge in [0, 0.05) is 0 Å². The minimum Gasteiger partial charge on any atom is -0.324 e. The smallest absolute Gasteiger partial charge is 0.324 e. The molecular formula is C29H61NO4P+. The highest BCUT2D eigenvalue weighted by atomic mass is 31.2. The number of rotatable bonds is 26. The maximum atomic E-state index is 11.4. The second kappa shape index (κ2) is 23.0. The average molecular weight is 519 g/mol. The Morgan fingerprint density at radius 1 is 0.686 bits per heavy atom. The average Bonchev–Trinajstić information content (AvgIpc) is 2.81. The zero-order valence-electron chi connectivity index (χ0n) is 23.9. The van der Waals surface area contributed by atoms with E-state index in [0.717, 1.165) is 36.8 Å². The summed E-state index contributed by atoms with van der Waals surface area (Å²) < 4.78 is 17.3. The SMILES string of the molecule is CCCCCCCC/C=C/CCCCCCCCCCCCC(C[N+](C)(CC)CC)OP(=O)(O)O. The third-order valence-electron chi connectivity index (χ3n) is 7.50. The van der Waals surface area contributed by atoms with Crippen molar-refractivity contribution in [2.45, 2.75) is 149 Å². The lowest BCUT2D eigenvalue weighted by molar-refractivity contribution is -0.908. The van der Waals surface area contributed by atoms with Crippen molar-refractivity contribution in [2.24, 2.45) is 0 Å². The molecule has 1 atom stereocenters. The molecule has 0 aromatic carbocycles. The van der Waals surface area contributed by atoms with Crippen LogP contribution < -0.4 is 0 Å². The van der Waals surface area contributed by atoms with Crippen molar-refractivity contribution in [3.63, 3.8) is 0 Å². The lowest BCUT2D eigenvalue weighted by Crippen LogP contribution is -2.48. The molecule has 2 N–H and O–H groups in total. The van der Waals surface area contributed by atoms with E-state index in [1.807, 2.05) is 0 Å². The molecule has 0 bridgehead atoms. The quantitative estimate of drug-likeness (QED) is 0.0519. The minimum atomic E-state index is -4.44. The summed E-state index contributed by atoms with van der Waals surface area (Å²) in [5.41, 5.74) is 0. The van der Waals surface area contributed by atoms with Crippen LogP contribution >= 0.6 is 7.82 Å². The largest absolute Gasteiger partial charge is 0.470 e. The van der Waals surface area contributed by atoms with Crippen molar-refractivity contribution in [1.29, 1.82) is 0 Å². The molecule has 1 unspecified atom stereocenters. The molecule has 0 fully saturated rings. The van der Waals surface area contributed by atoms with Gasteiger partial charge in [-0.2, -0.15) is 0 Å². The third-order valence-corrected chi connectivity index (χ3v) is 8.07. The Kier molecular flexibility index (Phi) is 22.8. The Hall–Kier alpha value is -0.190. The molecular weight excluding hydrogens is 457 g/mol. The molecule has 5 nitrogen and oxygen atoms in total. The van der Waals surface area contributed by atoms with Gasteiger partial charge in [-0.3, -0.25) is 4.52 Å². The van der Waals surface area contributed by atoms with Crippen molar-refractivity contribution in [3.8, 4) is 0 Å². The molecule has 0 saturated heterocycles. The molecule has 6 heteroatoms. The zero-order valence-corrected chi connectivity index (χ0v) is 24.8. The van der Waals surface area contributed by atoms with E-state index in [0.29, 0.717) is 6.54 Å². The highest BCUT2D eigenvalue weighted by Crippen LogP contribution is 2.39. The monoisotopic (exact) mass is 518 g/mol. The Labute approximate surface area is 218 Å². The summed E-state index contributed by atoms with van der Waals surface area (Å²) in [6, 6.07) is 0. The van der Waals surface area contributed by atoms with Crippen molar-refractivity contribution in [1.82, 2.24) is 0 Å². The van der Waals surface area contributed by atoms with Gasteiger partial charge in [0.2, 0.25) is 0 Å². The maximum Gasteiger partial charge on any atom is 0.470 e. The number of quaternary nitrogens is 1. The van der Waals surface area contributed by atoms with Crippen LogP contribution in [0.5, 0.6) is 0 Å². The molecule has 210 valence electrons. The number of phosphoric ester groups is 1. The topological polar surface area (TPSA) is 66.8 Å². The first-order chi connectivity index (χ1) is 16.8. The molecule has 0 spiro atoms. The molecule has 0 heterocycles. The van der Waals surface area contributed by atoms with Gasteiger partial charge in [-0.1, -0.05) is 109 Å². The van der Waals surface area contributed by atoms with E-state index < -0.39 is 7.82 Å². The summed E-state index contributed by atoms with van der Waals surface area (Å²) in [5.74, 6) is 0. The van der Waals surface area contributed by atoms with Crippen LogP contribution in [0, 0.1) is 0 Å².